The van der Waals surface area contributed by atoms with Crippen LogP contribution in [0.2, 0.25) is 0 Å². The van der Waals surface area contributed by atoms with Gasteiger partial charge < -0.3 is 20.5 Å². The van der Waals surface area contributed by atoms with Crippen molar-refractivity contribution in [3.05, 3.63) is 12.2 Å². The molecule has 0 radical (unpaired) electrons. The summed E-state index contributed by atoms with van der Waals surface area (Å²) in [5.74, 6) is -1.22. The number of ether oxygens (including phenoxy) is 2. The zero-order chi connectivity index (χ0) is 26.6. The van der Waals surface area contributed by atoms with E-state index >= 15 is 0 Å². The number of nitrogens with one attached hydrogen (secondary N) is 1. The van der Waals surface area contributed by atoms with Crippen molar-refractivity contribution in [2.45, 2.75) is 86.6 Å². The van der Waals surface area contributed by atoms with Crippen molar-refractivity contribution in [2.75, 3.05) is 39.4 Å². The number of nitrogens with zero attached hydrogens (tertiary/aromatic N) is 1. The van der Waals surface area contributed by atoms with E-state index < -0.39 is 11.9 Å². The molecule has 0 spiro atoms. The van der Waals surface area contributed by atoms with E-state index in [-0.39, 0.29) is 53.9 Å². The molecule has 3 N–H and O–H groups in total. The van der Waals surface area contributed by atoms with E-state index in [9.17, 15) is 14.4 Å². The molecule has 0 aromatic carbocycles. The molecule has 0 aromatic heterocycles. The third-order valence-electron chi connectivity index (χ3n) is 6.54. The first-order chi connectivity index (χ1) is 15.5. The van der Waals surface area contributed by atoms with Crippen molar-refractivity contribution in [1.82, 2.24) is 10.2 Å². The molecule has 0 aliphatic heterocycles. The summed E-state index contributed by atoms with van der Waals surface area (Å²) in [5, 5.41) is 2.92. The van der Waals surface area contributed by atoms with Gasteiger partial charge in [-0.2, -0.15) is 0 Å². The zero-order valence-electron chi connectivity index (χ0n) is 22.8. The van der Waals surface area contributed by atoms with Crippen LogP contribution in [0, 0.1) is 10.8 Å². The number of carbonyl (C=O) groups is 3. The second-order valence-electron chi connectivity index (χ2n) is 11.3. The lowest BCUT2D eigenvalue weighted by Gasteiger charge is -2.50. The van der Waals surface area contributed by atoms with Crippen LogP contribution in [0.3, 0.4) is 0 Å². The van der Waals surface area contributed by atoms with Crippen molar-refractivity contribution in [3.8, 4) is 0 Å². The molecular weight excluding hydrogens is 434 g/mol. The Labute approximate surface area is 207 Å². The van der Waals surface area contributed by atoms with E-state index in [0.29, 0.717) is 19.6 Å². The lowest BCUT2D eigenvalue weighted by molar-refractivity contribution is -0.150. The predicted octanol–water partition coefficient (Wildman–Crippen LogP) is 3.44. The van der Waals surface area contributed by atoms with Crippen LogP contribution in [-0.2, 0) is 23.9 Å². The molecule has 0 aliphatic carbocycles. The Bertz CT molecular complexity index is 680. The Morgan fingerprint density at radius 1 is 0.912 bits per heavy atom. The summed E-state index contributed by atoms with van der Waals surface area (Å²) in [6.07, 6.45) is 1.97. The number of amides is 1. The second-order valence-corrected chi connectivity index (χ2v) is 11.3. The second kappa shape index (κ2) is 14.5. The number of hydrogen-bond acceptors (Lipinski definition) is 7. The van der Waals surface area contributed by atoms with Gasteiger partial charge in [-0.05, 0) is 57.5 Å². The highest BCUT2D eigenvalue weighted by Gasteiger charge is 2.41. The Hall–Kier alpha value is -1.93. The van der Waals surface area contributed by atoms with E-state index in [2.05, 4.69) is 65.3 Å². The smallest absolute Gasteiger partial charge is 0.333 e. The quantitative estimate of drug-likeness (QED) is 0.196. The van der Waals surface area contributed by atoms with Gasteiger partial charge in [-0.3, -0.25) is 14.5 Å². The van der Waals surface area contributed by atoms with Gasteiger partial charge in [0.15, 0.2) is 0 Å². The first-order valence-electron chi connectivity index (χ1n) is 12.2. The Kier molecular flexibility index (Phi) is 13.6. The lowest BCUT2D eigenvalue weighted by atomic mass is 9.70. The SMILES string of the molecule is C=C(C)C(=O)OCCOC(=O)CCC(=O)NCCN(CCC(C)(C)C)C(C)(C)C(C)(C)CCN. The molecule has 8 nitrogen and oxygen atoms in total. The normalized spacial score (nSPS) is 12.4. The van der Waals surface area contributed by atoms with E-state index in [4.69, 9.17) is 15.2 Å². The van der Waals surface area contributed by atoms with Gasteiger partial charge in [0.05, 0.1) is 6.42 Å². The highest BCUT2D eigenvalue weighted by Crippen LogP contribution is 2.39. The highest BCUT2D eigenvalue weighted by molar-refractivity contribution is 5.86. The molecule has 0 aromatic rings. The molecular formula is C26H49N3O5. The van der Waals surface area contributed by atoms with Crippen molar-refractivity contribution in [2.24, 2.45) is 16.6 Å². The maximum Gasteiger partial charge on any atom is 0.333 e. The van der Waals surface area contributed by atoms with Gasteiger partial charge in [0.1, 0.15) is 13.2 Å². The van der Waals surface area contributed by atoms with E-state index in [1.165, 1.54) is 0 Å². The van der Waals surface area contributed by atoms with Crippen LogP contribution in [-0.4, -0.2) is 67.7 Å². The highest BCUT2D eigenvalue weighted by atomic mass is 16.6. The van der Waals surface area contributed by atoms with Crippen LogP contribution in [0.1, 0.15) is 81.1 Å². The lowest BCUT2D eigenvalue weighted by Crippen LogP contribution is -2.56. The fourth-order valence-electron chi connectivity index (χ4n) is 3.36. The number of esters is 2. The van der Waals surface area contributed by atoms with Gasteiger partial charge in [-0.25, -0.2) is 4.79 Å². The average Bonchev–Trinajstić information content (AvgIpc) is 2.70. The molecule has 0 heterocycles. The zero-order valence-corrected chi connectivity index (χ0v) is 22.8. The molecule has 198 valence electrons. The minimum Gasteiger partial charge on any atom is -0.462 e. The molecule has 0 atom stereocenters. The number of hydrogen-bond donors (Lipinski definition) is 2. The molecule has 0 saturated heterocycles. The fraction of sp³-hybridized carbons (Fsp3) is 0.808. The maximum atomic E-state index is 12.3. The van der Waals surface area contributed by atoms with Gasteiger partial charge >= 0.3 is 11.9 Å². The van der Waals surface area contributed by atoms with Crippen molar-refractivity contribution >= 4 is 17.8 Å². The first-order valence-corrected chi connectivity index (χ1v) is 12.2. The molecule has 8 heteroatoms. The standard InChI is InChI=1S/C26H49N3O5/c1-20(2)23(32)34-19-18-33-22(31)11-10-21(30)28-15-17-29(16-13-24(3,4)5)26(8,9)25(6,7)12-14-27/h1,10-19,27H2,2-9H3,(H,28,30). The van der Waals surface area contributed by atoms with Crippen molar-refractivity contribution < 1.29 is 23.9 Å². The summed E-state index contributed by atoms with van der Waals surface area (Å²) >= 11 is 0. The molecule has 34 heavy (non-hydrogen) atoms. The van der Waals surface area contributed by atoms with Crippen LogP contribution < -0.4 is 11.1 Å². The van der Waals surface area contributed by atoms with Gasteiger partial charge in [0.2, 0.25) is 5.91 Å². The topological polar surface area (TPSA) is 111 Å². The molecule has 0 aliphatic rings. The minimum atomic E-state index is -0.526. The molecule has 1 amide bonds. The number of carbonyl (C=O) groups excluding carboxylic acids is 3. The van der Waals surface area contributed by atoms with E-state index in [0.717, 1.165) is 19.4 Å². The van der Waals surface area contributed by atoms with Crippen LogP contribution in [0.15, 0.2) is 12.2 Å². The average molecular weight is 484 g/mol. The summed E-state index contributed by atoms with van der Waals surface area (Å²) in [5.41, 5.74) is 6.26. The van der Waals surface area contributed by atoms with Crippen LogP contribution in [0.5, 0.6) is 0 Å². The van der Waals surface area contributed by atoms with Crippen molar-refractivity contribution in [1.29, 1.82) is 0 Å². The van der Waals surface area contributed by atoms with E-state index in [1.54, 1.807) is 6.92 Å². The summed E-state index contributed by atoms with van der Waals surface area (Å²) in [6.45, 7) is 23.4. The van der Waals surface area contributed by atoms with Gasteiger partial charge in [-0.1, -0.05) is 41.2 Å². The van der Waals surface area contributed by atoms with Gasteiger partial charge in [0.25, 0.3) is 0 Å². The third-order valence-corrected chi connectivity index (χ3v) is 6.54. The summed E-state index contributed by atoms with van der Waals surface area (Å²) < 4.78 is 9.85. The van der Waals surface area contributed by atoms with Gasteiger partial charge in [-0.15, -0.1) is 0 Å². The van der Waals surface area contributed by atoms with E-state index in [1.807, 2.05) is 0 Å². The molecule has 0 fully saturated rings. The summed E-state index contributed by atoms with van der Waals surface area (Å²) in [7, 11) is 0. The molecule has 0 saturated carbocycles. The maximum absolute atomic E-state index is 12.3. The fourth-order valence-corrected chi connectivity index (χ4v) is 3.36. The third kappa shape index (κ3) is 12.5. The Morgan fingerprint density at radius 3 is 2.03 bits per heavy atom. The Morgan fingerprint density at radius 2 is 1.50 bits per heavy atom. The minimum absolute atomic E-state index is 0.00605. The van der Waals surface area contributed by atoms with Crippen molar-refractivity contribution in [3.63, 3.8) is 0 Å². The van der Waals surface area contributed by atoms with Crippen LogP contribution in [0.4, 0.5) is 0 Å². The molecule has 0 unspecified atom stereocenters. The summed E-state index contributed by atoms with van der Waals surface area (Å²) in [4.78, 5) is 37.8. The first kappa shape index (κ1) is 32.1. The monoisotopic (exact) mass is 483 g/mol. The number of nitrogens with two attached hydrogens (primary N) is 1. The Balaban J connectivity index is 4.61. The summed E-state index contributed by atoms with van der Waals surface area (Å²) in [6, 6.07) is 0. The van der Waals surface area contributed by atoms with Crippen LogP contribution in [0.25, 0.3) is 0 Å². The van der Waals surface area contributed by atoms with Gasteiger partial charge in [0, 0.05) is 30.6 Å². The molecule has 0 rings (SSSR count). The number of rotatable bonds is 16. The molecule has 0 bridgehead atoms. The van der Waals surface area contributed by atoms with Crippen LogP contribution >= 0.6 is 0 Å². The largest absolute Gasteiger partial charge is 0.462 e. The predicted molar refractivity (Wildman–Crippen MR) is 136 cm³/mol.